The van der Waals surface area contributed by atoms with Gasteiger partial charge >= 0.3 is 11.9 Å². The molecule has 0 aliphatic rings. The van der Waals surface area contributed by atoms with Crippen molar-refractivity contribution in [1.82, 2.24) is 0 Å². The second-order valence-corrected chi connectivity index (χ2v) is 7.45. The van der Waals surface area contributed by atoms with Gasteiger partial charge in [0.2, 0.25) is 0 Å². The number of aliphatic hydroxyl groups is 2. The Balaban J connectivity index is 2.18. The zero-order chi connectivity index (χ0) is 23.7. The maximum atomic E-state index is 11.2. The Kier molecular flexibility index (Phi) is 9.49. The van der Waals surface area contributed by atoms with E-state index < -0.39 is 11.9 Å². The molecule has 0 fully saturated rings. The van der Waals surface area contributed by atoms with Crippen LogP contribution in [0.2, 0.25) is 0 Å². The molecular weight excluding hydrogens is 416 g/mol. The molecule has 8 heteroatoms. The van der Waals surface area contributed by atoms with Crippen LogP contribution in [0.3, 0.4) is 0 Å². The standard InChI is InChI=1S/C24H30O8/c1-15(27)31-21-7-5-17(11-23(21)29-3)9-19(13-25)20(14-26)10-18-6-8-22(32-16(2)28)24(12-18)30-4/h5-8,11-12,19-20,25-26H,9-10,13-14H2,1-4H3/t19-,20-/m0/s1. The van der Waals surface area contributed by atoms with Crippen LogP contribution in [-0.4, -0.2) is 49.6 Å². The first-order valence-electron chi connectivity index (χ1n) is 10.2. The summed E-state index contributed by atoms with van der Waals surface area (Å²) in [7, 11) is 2.97. The molecule has 0 saturated heterocycles. The van der Waals surface area contributed by atoms with Gasteiger partial charge in [0, 0.05) is 27.1 Å². The number of hydrogen-bond acceptors (Lipinski definition) is 8. The molecule has 2 atom stereocenters. The quantitative estimate of drug-likeness (QED) is 0.400. The second-order valence-electron chi connectivity index (χ2n) is 7.45. The normalized spacial score (nSPS) is 12.6. The number of ether oxygens (including phenoxy) is 4. The Morgan fingerprint density at radius 3 is 1.38 bits per heavy atom. The van der Waals surface area contributed by atoms with E-state index in [0.717, 1.165) is 11.1 Å². The minimum Gasteiger partial charge on any atom is -0.493 e. The Hall–Kier alpha value is -3.10. The molecular formula is C24H30O8. The number of rotatable bonds is 11. The molecule has 0 bridgehead atoms. The number of carbonyl (C=O) groups is 2. The Bertz CT molecular complexity index is 849. The minimum absolute atomic E-state index is 0.123. The number of hydrogen-bond donors (Lipinski definition) is 2. The van der Waals surface area contributed by atoms with E-state index in [1.807, 2.05) is 0 Å². The van der Waals surface area contributed by atoms with Crippen molar-refractivity contribution in [3.8, 4) is 23.0 Å². The van der Waals surface area contributed by atoms with Gasteiger partial charge in [-0.1, -0.05) is 12.1 Å². The van der Waals surface area contributed by atoms with Crippen molar-refractivity contribution in [1.29, 1.82) is 0 Å². The molecule has 2 aromatic rings. The third kappa shape index (κ3) is 6.96. The molecule has 0 saturated carbocycles. The molecule has 174 valence electrons. The van der Waals surface area contributed by atoms with Crippen molar-refractivity contribution in [2.75, 3.05) is 27.4 Å². The molecule has 0 spiro atoms. The number of methoxy groups -OCH3 is 2. The van der Waals surface area contributed by atoms with Crippen LogP contribution in [0.15, 0.2) is 36.4 Å². The second kappa shape index (κ2) is 12.1. The summed E-state index contributed by atoms with van der Waals surface area (Å²) in [6, 6.07) is 10.4. The summed E-state index contributed by atoms with van der Waals surface area (Å²) in [4.78, 5) is 22.5. The number of esters is 2. The van der Waals surface area contributed by atoms with Crippen molar-refractivity contribution in [3.63, 3.8) is 0 Å². The molecule has 0 amide bonds. The third-order valence-corrected chi connectivity index (χ3v) is 5.09. The number of benzene rings is 2. The van der Waals surface area contributed by atoms with Crippen LogP contribution in [0, 0.1) is 11.8 Å². The summed E-state index contributed by atoms with van der Waals surface area (Å²) < 4.78 is 20.9. The zero-order valence-corrected chi connectivity index (χ0v) is 18.8. The predicted octanol–water partition coefficient (Wildman–Crippen LogP) is 2.56. The van der Waals surface area contributed by atoms with Crippen LogP contribution in [0.1, 0.15) is 25.0 Å². The van der Waals surface area contributed by atoms with E-state index in [1.54, 1.807) is 36.4 Å². The maximum Gasteiger partial charge on any atom is 0.308 e. The van der Waals surface area contributed by atoms with E-state index >= 15 is 0 Å². The van der Waals surface area contributed by atoms with Crippen molar-refractivity contribution < 1.29 is 38.7 Å². The molecule has 32 heavy (non-hydrogen) atoms. The highest BCUT2D eigenvalue weighted by atomic mass is 16.6. The van der Waals surface area contributed by atoms with Gasteiger partial charge in [-0.25, -0.2) is 0 Å². The van der Waals surface area contributed by atoms with E-state index in [-0.39, 0.29) is 25.0 Å². The first kappa shape index (κ1) is 25.2. The summed E-state index contributed by atoms with van der Waals surface area (Å²) in [5, 5.41) is 20.0. The van der Waals surface area contributed by atoms with Crippen molar-refractivity contribution in [3.05, 3.63) is 47.5 Å². The van der Waals surface area contributed by atoms with Crippen LogP contribution in [0.25, 0.3) is 0 Å². The highest BCUT2D eigenvalue weighted by molar-refractivity contribution is 5.71. The summed E-state index contributed by atoms with van der Waals surface area (Å²) >= 11 is 0. The molecule has 0 aliphatic carbocycles. The number of carbonyl (C=O) groups excluding carboxylic acids is 2. The van der Waals surface area contributed by atoms with Gasteiger partial charge in [0.15, 0.2) is 23.0 Å². The van der Waals surface area contributed by atoms with Gasteiger partial charge in [-0.3, -0.25) is 9.59 Å². The molecule has 2 rings (SSSR count). The van der Waals surface area contributed by atoms with E-state index in [4.69, 9.17) is 18.9 Å². The van der Waals surface area contributed by atoms with Gasteiger partial charge in [-0.05, 0) is 60.1 Å². The smallest absolute Gasteiger partial charge is 0.308 e. The Labute approximate surface area is 187 Å². The summed E-state index contributed by atoms with van der Waals surface area (Å²) in [6.07, 6.45) is 0.974. The molecule has 0 aromatic heterocycles. The summed E-state index contributed by atoms with van der Waals surface area (Å²) in [6.45, 7) is 2.38. The van der Waals surface area contributed by atoms with Gasteiger partial charge in [-0.2, -0.15) is 0 Å². The molecule has 2 N–H and O–H groups in total. The van der Waals surface area contributed by atoms with Gasteiger partial charge in [0.05, 0.1) is 14.2 Å². The van der Waals surface area contributed by atoms with Crippen molar-refractivity contribution in [2.45, 2.75) is 26.7 Å². The van der Waals surface area contributed by atoms with Crippen LogP contribution in [0.4, 0.5) is 0 Å². The minimum atomic E-state index is -0.445. The Morgan fingerprint density at radius 1 is 0.719 bits per heavy atom. The van der Waals surface area contributed by atoms with Crippen LogP contribution >= 0.6 is 0 Å². The lowest BCUT2D eigenvalue weighted by Gasteiger charge is -2.25. The topological polar surface area (TPSA) is 112 Å². The van der Waals surface area contributed by atoms with Gasteiger partial charge in [0.25, 0.3) is 0 Å². The fourth-order valence-electron chi connectivity index (χ4n) is 3.52. The highest BCUT2D eigenvalue weighted by Crippen LogP contribution is 2.32. The van der Waals surface area contributed by atoms with E-state index in [2.05, 4.69) is 0 Å². The maximum absolute atomic E-state index is 11.2. The van der Waals surface area contributed by atoms with Crippen LogP contribution < -0.4 is 18.9 Å². The lowest BCUT2D eigenvalue weighted by atomic mass is 9.83. The van der Waals surface area contributed by atoms with Gasteiger partial charge in [0.1, 0.15) is 0 Å². The zero-order valence-electron chi connectivity index (χ0n) is 18.8. The number of aliphatic hydroxyl groups excluding tert-OH is 2. The fourth-order valence-corrected chi connectivity index (χ4v) is 3.52. The van der Waals surface area contributed by atoms with Crippen LogP contribution in [0.5, 0.6) is 23.0 Å². The van der Waals surface area contributed by atoms with Crippen LogP contribution in [-0.2, 0) is 22.4 Å². The highest BCUT2D eigenvalue weighted by Gasteiger charge is 2.23. The lowest BCUT2D eigenvalue weighted by Crippen LogP contribution is -2.26. The van der Waals surface area contributed by atoms with E-state index in [9.17, 15) is 19.8 Å². The molecule has 8 nitrogen and oxygen atoms in total. The fraction of sp³-hybridized carbons (Fsp3) is 0.417. The molecule has 0 aliphatic heterocycles. The van der Waals surface area contributed by atoms with E-state index in [1.165, 1.54) is 28.1 Å². The SMILES string of the molecule is COc1cc(C[C@@H](CO)[C@H](CO)Cc2ccc(OC(C)=O)c(OC)c2)ccc1OC(C)=O. The van der Waals surface area contributed by atoms with Crippen molar-refractivity contribution in [2.24, 2.45) is 11.8 Å². The molecule has 2 aromatic carbocycles. The molecule has 0 unspecified atom stereocenters. The average molecular weight is 446 g/mol. The van der Waals surface area contributed by atoms with Gasteiger partial charge < -0.3 is 29.2 Å². The first-order chi connectivity index (χ1) is 15.3. The third-order valence-electron chi connectivity index (χ3n) is 5.09. The van der Waals surface area contributed by atoms with Gasteiger partial charge in [-0.15, -0.1) is 0 Å². The predicted molar refractivity (Wildman–Crippen MR) is 117 cm³/mol. The summed E-state index contributed by atoms with van der Waals surface area (Å²) in [5.41, 5.74) is 1.75. The monoisotopic (exact) mass is 446 g/mol. The average Bonchev–Trinajstić information content (AvgIpc) is 2.77. The summed E-state index contributed by atoms with van der Waals surface area (Å²) in [5.74, 6) is 0.124. The lowest BCUT2D eigenvalue weighted by molar-refractivity contribution is -0.132. The van der Waals surface area contributed by atoms with E-state index in [0.29, 0.717) is 35.8 Å². The first-order valence-corrected chi connectivity index (χ1v) is 10.2. The molecule has 0 heterocycles. The molecule has 0 radical (unpaired) electrons. The van der Waals surface area contributed by atoms with Crippen molar-refractivity contribution >= 4 is 11.9 Å². The Morgan fingerprint density at radius 2 is 1.09 bits per heavy atom. The largest absolute Gasteiger partial charge is 0.493 e.